The fourth-order valence-corrected chi connectivity index (χ4v) is 2.80. The first-order valence-electron chi connectivity index (χ1n) is 6.38. The van der Waals surface area contributed by atoms with Crippen molar-refractivity contribution in [3.05, 3.63) is 11.2 Å². The van der Waals surface area contributed by atoms with Crippen LogP contribution in [0, 0.1) is 5.41 Å². The number of nitrogens with two attached hydrogens (primary N) is 1. The highest BCUT2D eigenvalue weighted by molar-refractivity contribution is 6.32. The van der Waals surface area contributed by atoms with Gasteiger partial charge < -0.3 is 4.90 Å². The molecule has 1 aliphatic heterocycles. The molecule has 2 rings (SSSR count). The minimum absolute atomic E-state index is 0.393. The van der Waals surface area contributed by atoms with E-state index < -0.39 is 0 Å². The molecule has 1 aliphatic rings. The van der Waals surface area contributed by atoms with Crippen LogP contribution < -0.4 is 16.2 Å². The molecule has 0 aliphatic carbocycles. The van der Waals surface area contributed by atoms with Gasteiger partial charge in [-0.3, -0.25) is 5.43 Å². The summed E-state index contributed by atoms with van der Waals surface area (Å²) in [5.41, 5.74) is 2.85. The van der Waals surface area contributed by atoms with E-state index in [1.54, 1.807) is 6.20 Å². The highest BCUT2D eigenvalue weighted by atomic mass is 35.5. The van der Waals surface area contributed by atoms with Gasteiger partial charge >= 0.3 is 0 Å². The SMILES string of the molecule is CCC1(CC)CCN(c2nc(NN)ncc2Cl)C1. The van der Waals surface area contributed by atoms with Crippen LogP contribution in [0.2, 0.25) is 5.02 Å². The molecule has 5 nitrogen and oxygen atoms in total. The van der Waals surface area contributed by atoms with E-state index in [0.717, 1.165) is 18.9 Å². The molecule has 0 unspecified atom stereocenters. The summed E-state index contributed by atoms with van der Waals surface area (Å²) in [4.78, 5) is 10.6. The topological polar surface area (TPSA) is 67.1 Å². The van der Waals surface area contributed by atoms with Crippen molar-refractivity contribution in [2.75, 3.05) is 23.4 Å². The molecule has 1 saturated heterocycles. The van der Waals surface area contributed by atoms with E-state index in [1.165, 1.54) is 19.3 Å². The van der Waals surface area contributed by atoms with Crippen molar-refractivity contribution < 1.29 is 0 Å². The monoisotopic (exact) mass is 269 g/mol. The highest BCUT2D eigenvalue weighted by Gasteiger charge is 2.36. The Balaban J connectivity index is 2.23. The number of hydrogen-bond acceptors (Lipinski definition) is 5. The van der Waals surface area contributed by atoms with Gasteiger partial charge in [0.05, 0.1) is 6.20 Å². The second-order valence-corrected chi connectivity index (χ2v) is 5.30. The number of nitrogens with zero attached hydrogens (tertiary/aromatic N) is 3. The average Bonchev–Trinajstić information content (AvgIpc) is 2.84. The maximum atomic E-state index is 6.18. The summed E-state index contributed by atoms with van der Waals surface area (Å²) in [7, 11) is 0. The van der Waals surface area contributed by atoms with E-state index in [4.69, 9.17) is 17.4 Å². The quantitative estimate of drug-likeness (QED) is 0.649. The number of anilines is 2. The van der Waals surface area contributed by atoms with Gasteiger partial charge in [-0.15, -0.1) is 0 Å². The van der Waals surface area contributed by atoms with Crippen molar-refractivity contribution in [1.82, 2.24) is 9.97 Å². The maximum Gasteiger partial charge on any atom is 0.239 e. The van der Waals surface area contributed by atoms with E-state index in [2.05, 4.69) is 34.1 Å². The van der Waals surface area contributed by atoms with Crippen molar-refractivity contribution in [2.24, 2.45) is 11.3 Å². The van der Waals surface area contributed by atoms with E-state index in [9.17, 15) is 0 Å². The summed E-state index contributed by atoms with van der Waals surface area (Å²) in [6.45, 7) is 6.49. The Hall–Kier alpha value is -1.07. The van der Waals surface area contributed by atoms with Crippen molar-refractivity contribution >= 4 is 23.4 Å². The Labute approximate surface area is 113 Å². The molecule has 0 spiro atoms. The minimum atomic E-state index is 0.393. The number of rotatable bonds is 4. The number of nitrogen functional groups attached to an aromatic ring is 1. The van der Waals surface area contributed by atoms with Crippen LogP contribution in [0.1, 0.15) is 33.1 Å². The molecule has 0 bridgehead atoms. The van der Waals surface area contributed by atoms with E-state index in [-0.39, 0.29) is 0 Å². The van der Waals surface area contributed by atoms with Gasteiger partial charge in [0.25, 0.3) is 0 Å². The first-order valence-corrected chi connectivity index (χ1v) is 6.76. The first-order chi connectivity index (χ1) is 8.64. The molecular weight excluding hydrogens is 250 g/mol. The largest absolute Gasteiger partial charge is 0.355 e. The van der Waals surface area contributed by atoms with Crippen LogP contribution in [-0.4, -0.2) is 23.1 Å². The normalized spacial score (nSPS) is 18.1. The molecular formula is C12H20ClN5. The van der Waals surface area contributed by atoms with Crippen molar-refractivity contribution in [2.45, 2.75) is 33.1 Å². The molecule has 18 heavy (non-hydrogen) atoms. The van der Waals surface area contributed by atoms with Gasteiger partial charge in [-0.05, 0) is 24.7 Å². The molecule has 0 aromatic carbocycles. The average molecular weight is 270 g/mol. The lowest BCUT2D eigenvalue weighted by Gasteiger charge is -2.27. The van der Waals surface area contributed by atoms with Crippen LogP contribution in [0.25, 0.3) is 0 Å². The smallest absolute Gasteiger partial charge is 0.239 e. The molecule has 6 heteroatoms. The predicted octanol–water partition coefficient (Wildman–Crippen LogP) is 2.43. The molecule has 0 radical (unpaired) electrons. The number of hydrazine groups is 1. The summed E-state index contributed by atoms with van der Waals surface area (Å²) in [5.74, 6) is 6.52. The number of nitrogens with one attached hydrogen (secondary N) is 1. The Bertz CT molecular complexity index is 419. The summed E-state index contributed by atoms with van der Waals surface area (Å²) >= 11 is 6.18. The third-order valence-corrected chi connectivity index (χ3v) is 4.36. The van der Waals surface area contributed by atoms with Gasteiger partial charge in [-0.2, -0.15) is 4.98 Å². The molecule has 100 valence electrons. The Kier molecular flexibility index (Phi) is 3.92. The van der Waals surface area contributed by atoms with Crippen molar-refractivity contribution in [3.8, 4) is 0 Å². The van der Waals surface area contributed by atoms with Gasteiger partial charge in [0, 0.05) is 13.1 Å². The van der Waals surface area contributed by atoms with Crippen molar-refractivity contribution in [3.63, 3.8) is 0 Å². The van der Waals surface area contributed by atoms with Gasteiger partial charge in [0.1, 0.15) is 5.02 Å². The third-order valence-electron chi connectivity index (χ3n) is 4.09. The summed E-state index contributed by atoms with van der Waals surface area (Å²) in [6.07, 6.45) is 5.15. The summed E-state index contributed by atoms with van der Waals surface area (Å²) < 4.78 is 0. The standard InChI is InChI=1S/C12H20ClN5/c1-3-12(4-2)5-6-18(8-12)10-9(13)7-15-11(16-10)17-14/h7H,3-6,8,14H2,1-2H3,(H,15,16,17). The first kappa shape index (κ1) is 13.4. The second kappa shape index (κ2) is 5.28. The van der Waals surface area contributed by atoms with Crippen molar-refractivity contribution in [1.29, 1.82) is 0 Å². The Morgan fingerprint density at radius 1 is 1.50 bits per heavy atom. The fourth-order valence-electron chi connectivity index (χ4n) is 2.59. The van der Waals surface area contributed by atoms with Crippen LogP contribution in [-0.2, 0) is 0 Å². The Morgan fingerprint density at radius 3 is 2.78 bits per heavy atom. The third kappa shape index (κ3) is 2.37. The molecule has 1 aromatic heterocycles. The highest BCUT2D eigenvalue weighted by Crippen LogP contribution is 2.40. The van der Waals surface area contributed by atoms with Crippen LogP contribution in [0.4, 0.5) is 11.8 Å². The number of hydrogen-bond donors (Lipinski definition) is 2. The fraction of sp³-hybridized carbons (Fsp3) is 0.667. The van der Waals surface area contributed by atoms with Gasteiger partial charge in [-0.25, -0.2) is 10.8 Å². The van der Waals surface area contributed by atoms with E-state index in [0.29, 0.717) is 16.4 Å². The molecule has 1 aromatic rings. The predicted molar refractivity (Wildman–Crippen MR) is 74.7 cm³/mol. The van der Waals surface area contributed by atoms with E-state index >= 15 is 0 Å². The Morgan fingerprint density at radius 2 is 2.22 bits per heavy atom. The van der Waals surface area contributed by atoms with Gasteiger partial charge in [0.15, 0.2) is 5.82 Å². The lowest BCUT2D eigenvalue weighted by molar-refractivity contribution is 0.301. The summed E-state index contributed by atoms with van der Waals surface area (Å²) in [6, 6.07) is 0. The lowest BCUT2D eigenvalue weighted by Crippen LogP contribution is -2.27. The maximum absolute atomic E-state index is 6.18. The van der Waals surface area contributed by atoms with Gasteiger partial charge in [0.2, 0.25) is 5.95 Å². The molecule has 0 atom stereocenters. The van der Waals surface area contributed by atoms with Gasteiger partial charge in [-0.1, -0.05) is 25.4 Å². The number of halogens is 1. The lowest BCUT2D eigenvalue weighted by atomic mass is 9.82. The molecule has 1 fully saturated rings. The summed E-state index contributed by atoms with van der Waals surface area (Å²) in [5, 5.41) is 0.581. The van der Waals surface area contributed by atoms with Crippen LogP contribution in [0.5, 0.6) is 0 Å². The second-order valence-electron chi connectivity index (χ2n) is 4.89. The zero-order valence-corrected chi connectivity index (χ0v) is 11.7. The van der Waals surface area contributed by atoms with Crippen LogP contribution in [0.15, 0.2) is 6.20 Å². The molecule has 3 N–H and O–H groups in total. The molecule has 2 heterocycles. The van der Waals surface area contributed by atoms with Crippen LogP contribution in [0.3, 0.4) is 0 Å². The van der Waals surface area contributed by atoms with E-state index in [1.807, 2.05) is 0 Å². The zero-order valence-electron chi connectivity index (χ0n) is 10.9. The minimum Gasteiger partial charge on any atom is -0.355 e. The molecule has 0 amide bonds. The molecule has 0 saturated carbocycles. The zero-order chi connectivity index (χ0) is 13.2. The number of aromatic nitrogens is 2. The van der Waals surface area contributed by atoms with Crippen LogP contribution >= 0.6 is 11.6 Å².